The van der Waals surface area contributed by atoms with E-state index in [0.717, 1.165) is 31.2 Å². The molecule has 0 spiro atoms. The monoisotopic (exact) mass is 295 g/mol. The van der Waals surface area contributed by atoms with Crippen LogP contribution in [0.2, 0.25) is 0 Å². The Kier molecular flexibility index (Phi) is 5.34. The molecule has 2 atom stereocenters. The highest BCUT2D eigenvalue weighted by molar-refractivity contribution is 7.92. The van der Waals surface area contributed by atoms with Crippen molar-refractivity contribution in [3.8, 4) is 0 Å². The van der Waals surface area contributed by atoms with Gasteiger partial charge in [0, 0.05) is 12.0 Å². The average Bonchev–Trinajstić information content (AvgIpc) is 2.46. The number of aliphatic hydroxyl groups is 1. The lowest BCUT2D eigenvalue weighted by Gasteiger charge is -2.27. The number of benzene rings is 1. The topological polar surface area (TPSA) is 66.4 Å². The third-order valence-electron chi connectivity index (χ3n) is 3.65. The summed E-state index contributed by atoms with van der Waals surface area (Å²) in [6, 6.07) is 9.29. The average molecular weight is 295 g/mol. The standard InChI is InChI=1S/C15H21NO3S/c17-15-9-5-4-8-14(15)12-16-20(18,19)11-10-13-6-2-1-3-7-13/h1-3,6-7,10-11,14-17H,4-5,8-9,12H2. The third-order valence-corrected chi connectivity index (χ3v) is 4.72. The highest BCUT2D eigenvalue weighted by Crippen LogP contribution is 2.23. The van der Waals surface area contributed by atoms with Crippen LogP contribution in [0.25, 0.3) is 6.08 Å². The predicted molar refractivity (Wildman–Crippen MR) is 80.4 cm³/mol. The van der Waals surface area contributed by atoms with Crippen LogP contribution in [0.4, 0.5) is 0 Å². The molecule has 0 radical (unpaired) electrons. The van der Waals surface area contributed by atoms with Gasteiger partial charge in [0.2, 0.25) is 10.0 Å². The lowest BCUT2D eigenvalue weighted by molar-refractivity contribution is 0.0725. The Morgan fingerprint density at radius 2 is 1.90 bits per heavy atom. The summed E-state index contributed by atoms with van der Waals surface area (Å²) in [7, 11) is -3.44. The molecule has 20 heavy (non-hydrogen) atoms. The highest BCUT2D eigenvalue weighted by atomic mass is 32.2. The molecule has 1 aromatic carbocycles. The number of nitrogens with one attached hydrogen (secondary N) is 1. The van der Waals surface area contributed by atoms with Crippen molar-refractivity contribution >= 4 is 16.1 Å². The Labute approximate surface area is 120 Å². The van der Waals surface area contributed by atoms with Gasteiger partial charge in [0.15, 0.2) is 0 Å². The van der Waals surface area contributed by atoms with Crippen LogP contribution in [0.15, 0.2) is 35.7 Å². The van der Waals surface area contributed by atoms with Gasteiger partial charge in [-0.15, -0.1) is 0 Å². The lowest BCUT2D eigenvalue weighted by Crippen LogP contribution is -2.35. The maximum atomic E-state index is 11.9. The zero-order valence-electron chi connectivity index (χ0n) is 11.4. The van der Waals surface area contributed by atoms with Crippen LogP contribution in [0.5, 0.6) is 0 Å². The van der Waals surface area contributed by atoms with E-state index in [-0.39, 0.29) is 12.0 Å². The number of sulfonamides is 1. The summed E-state index contributed by atoms with van der Waals surface area (Å²) in [4.78, 5) is 0. The fraction of sp³-hybridized carbons (Fsp3) is 0.467. The van der Waals surface area contributed by atoms with Gasteiger partial charge in [0.05, 0.1) is 6.10 Å². The Bertz CT molecular complexity index is 539. The molecule has 4 nitrogen and oxygen atoms in total. The van der Waals surface area contributed by atoms with Gasteiger partial charge in [-0.1, -0.05) is 43.2 Å². The van der Waals surface area contributed by atoms with Crippen LogP contribution < -0.4 is 4.72 Å². The van der Waals surface area contributed by atoms with Crippen LogP contribution in [0, 0.1) is 5.92 Å². The summed E-state index contributed by atoms with van der Waals surface area (Å²) >= 11 is 0. The maximum absolute atomic E-state index is 11.9. The molecular weight excluding hydrogens is 274 g/mol. The van der Waals surface area contributed by atoms with Gasteiger partial charge >= 0.3 is 0 Å². The molecule has 2 unspecified atom stereocenters. The molecule has 1 fully saturated rings. The molecule has 2 N–H and O–H groups in total. The van der Waals surface area contributed by atoms with E-state index >= 15 is 0 Å². The fourth-order valence-electron chi connectivity index (χ4n) is 2.43. The van der Waals surface area contributed by atoms with Crippen molar-refractivity contribution in [1.82, 2.24) is 4.72 Å². The quantitative estimate of drug-likeness (QED) is 0.874. The second-order valence-corrected chi connectivity index (χ2v) is 6.87. The Balaban J connectivity index is 1.89. The number of rotatable bonds is 5. The van der Waals surface area contributed by atoms with Crippen molar-refractivity contribution < 1.29 is 13.5 Å². The SMILES string of the molecule is O=S(=O)(C=Cc1ccccc1)NCC1CCCCC1O. The van der Waals surface area contributed by atoms with Gasteiger partial charge in [-0.2, -0.15) is 0 Å². The van der Waals surface area contributed by atoms with Crippen molar-refractivity contribution in [3.05, 3.63) is 41.3 Å². The molecule has 0 saturated heterocycles. The van der Waals surface area contributed by atoms with Gasteiger partial charge in [-0.25, -0.2) is 13.1 Å². The van der Waals surface area contributed by atoms with E-state index in [1.807, 2.05) is 30.3 Å². The van der Waals surface area contributed by atoms with Crippen LogP contribution in [0.1, 0.15) is 31.2 Å². The van der Waals surface area contributed by atoms with Gasteiger partial charge in [0.1, 0.15) is 0 Å². The molecule has 0 bridgehead atoms. The Morgan fingerprint density at radius 1 is 1.20 bits per heavy atom. The zero-order valence-corrected chi connectivity index (χ0v) is 12.2. The number of hydrogen-bond donors (Lipinski definition) is 2. The molecule has 0 heterocycles. The molecule has 0 aliphatic heterocycles. The maximum Gasteiger partial charge on any atom is 0.233 e. The van der Waals surface area contributed by atoms with Crippen molar-refractivity contribution in [2.45, 2.75) is 31.8 Å². The Morgan fingerprint density at radius 3 is 2.60 bits per heavy atom. The van der Waals surface area contributed by atoms with Crippen molar-refractivity contribution in [3.63, 3.8) is 0 Å². The second-order valence-electron chi connectivity index (χ2n) is 5.22. The molecule has 1 saturated carbocycles. The molecule has 0 amide bonds. The van der Waals surface area contributed by atoms with E-state index in [0.29, 0.717) is 6.54 Å². The van der Waals surface area contributed by atoms with Crippen LogP contribution in [-0.4, -0.2) is 26.2 Å². The van der Waals surface area contributed by atoms with E-state index in [9.17, 15) is 13.5 Å². The van der Waals surface area contributed by atoms with Crippen molar-refractivity contribution in [2.24, 2.45) is 5.92 Å². The number of aliphatic hydroxyl groups excluding tert-OH is 1. The van der Waals surface area contributed by atoms with Crippen molar-refractivity contribution in [2.75, 3.05) is 6.54 Å². The summed E-state index contributed by atoms with van der Waals surface area (Å²) in [5.74, 6) is 0.0312. The van der Waals surface area contributed by atoms with Crippen molar-refractivity contribution in [1.29, 1.82) is 0 Å². The van der Waals surface area contributed by atoms with Gasteiger partial charge in [0.25, 0.3) is 0 Å². The van der Waals surface area contributed by atoms with Crippen LogP contribution in [0.3, 0.4) is 0 Å². The molecule has 2 rings (SSSR count). The van der Waals surface area contributed by atoms with E-state index < -0.39 is 10.0 Å². The smallest absolute Gasteiger partial charge is 0.233 e. The lowest BCUT2D eigenvalue weighted by atomic mass is 9.87. The summed E-state index contributed by atoms with van der Waals surface area (Å²) in [5.41, 5.74) is 0.843. The summed E-state index contributed by atoms with van der Waals surface area (Å²) < 4.78 is 26.3. The zero-order chi connectivity index (χ0) is 14.4. The van der Waals surface area contributed by atoms with Gasteiger partial charge < -0.3 is 5.11 Å². The molecule has 1 aliphatic rings. The molecule has 1 aromatic rings. The first-order chi connectivity index (χ1) is 9.57. The largest absolute Gasteiger partial charge is 0.393 e. The second kappa shape index (κ2) is 7.02. The molecule has 1 aliphatic carbocycles. The first kappa shape index (κ1) is 15.2. The third kappa shape index (κ3) is 4.74. The minimum absolute atomic E-state index is 0.0312. The molecule has 110 valence electrons. The molecule has 0 aromatic heterocycles. The first-order valence-corrected chi connectivity index (χ1v) is 8.52. The van der Waals surface area contributed by atoms with E-state index in [1.165, 1.54) is 5.41 Å². The van der Waals surface area contributed by atoms with Gasteiger partial charge in [-0.3, -0.25) is 0 Å². The minimum atomic E-state index is -3.44. The Hall–Kier alpha value is -1.17. The predicted octanol–water partition coefficient (Wildman–Crippen LogP) is 2.13. The first-order valence-electron chi connectivity index (χ1n) is 6.98. The minimum Gasteiger partial charge on any atom is -0.393 e. The normalized spacial score (nSPS) is 24.1. The fourth-order valence-corrected chi connectivity index (χ4v) is 3.31. The van der Waals surface area contributed by atoms with E-state index in [1.54, 1.807) is 6.08 Å². The van der Waals surface area contributed by atoms with Gasteiger partial charge in [-0.05, 0) is 30.4 Å². The summed E-state index contributed by atoms with van der Waals surface area (Å²) in [6.07, 6.45) is 4.92. The van der Waals surface area contributed by atoms with E-state index in [2.05, 4.69) is 4.72 Å². The highest BCUT2D eigenvalue weighted by Gasteiger charge is 2.23. The van der Waals surface area contributed by atoms with E-state index in [4.69, 9.17) is 0 Å². The molecular formula is C15H21NO3S. The number of hydrogen-bond acceptors (Lipinski definition) is 3. The van der Waals surface area contributed by atoms with Crippen LogP contribution >= 0.6 is 0 Å². The molecule has 5 heteroatoms. The summed E-state index contributed by atoms with van der Waals surface area (Å²) in [5, 5.41) is 11.0. The van der Waals surface area contributed by atoms with Crippen LogP contribution in [-0.2, 0) is 10.0 Å². The summed E-state index contributed by atoms with van der Waals surface area (Å²) in [6.45, 7) is 0.308.